The van der Waals surface area contributed by atoms with Gasteiger partial charge < -0.3 is 29.4 Å². The first-order chi connectivity index (χ1) is 22.4. The molecule has 0 aliphatic carbocycles. The first kappa shape index (κ1) is 30.9. The molecule has 4 aliphatic heterocycles. The van der Waals surface area contributed by atoms with Gasteiger partial charge in [0.05, 0.1) is 42.4 Å². The lowest BCUT2D eigenvalue weighted by atomic mass is 10.0. The van der Waals surface area contributed by atoms with E-state index in [9.17, 15) is 15.2 Å². The maximum Gasteiger partial charge on any atom is 0.318 e. The second kappa shape index (κ2) is 13.2. The molecule has 0 spiro atoms. The van der Waals surface area contributed by atoms with Crippen molar-refractivity contribution in [3.05, 3.63) is 52.7 Å². The molecule has 4 aliphatic rings. The fourth-order valence-corrected chi connectivity index (χ4v) is 7.69. The zero-order valence-electron chi connectivity index (χ0n) is 26.3. The van der Waals surface area contributed by atoms with Crippen molar-refractivity contribution in [2.75, 3.05) is 75.9 Å². The van der Waals surface area contributed by atoms with Gasteiger partial charge in [0, 0.05) is 61.9 Å². The minimum absolute atomic E-state index is 0.0321. The van der Waals surface area contributed by atoms with E-state index in [1.807, 2.05) is 21.9 Å². The number of ether oxygens (including phenoxy) is 1. The number of aliphatic hydroxyl groups is 1. The molecule has 3 fully saturated rings. The van der Waals surface area contributed by atoms with Crippen LogP contribution in [0, 0.1) is 11.3 Å². The van der Waals surface area contributed by atoms with Crippen molar-refractivity contribution in [1.29, 1.82) is 5.26 Å². The molecule has 12 heteroatoms. The zero-order valence-corrected chi connectivity index (χ0v) is 27.1. The summed E-state index contributed by atoms with van der Waals surface area (Å²) < 4.78 is 6.32. The number of fused-ring (bicyclic) bond motifs is 2. The van der Waals surface area contributed by atoms with Crippen LogP contribution in [0.4, 0.5) is 11.5 Å². The van der Waals surface area contributed by atoms with Gasteiger partial charge in [0.1, 0.15) is 18.5 Å². The van der Waals surface area contributed by atoms with Gasteiger partial charge in [0.25, 0.3) is 0 Å². The van der Waals surface area contributed by atoms with Crippen LogP contribution in [0.15, 0.2) is 36.4 Å². The van der Waals surface area contributed by atoms with E-state index in [-0.39, 0.29) is 31.0 Å². The number of likely N-dealkylation sites (N-methyl/N-ethyl adjacent to an activating group) is 1. The number of piperazine rings is 1. The Hall–Kier alpha value is -3.69. The summed E-state index contributed by atoms with van der Waals surface area (Å²) in [6.07, 6.45) is 3.24. The summed E-state index contributed by atoms with van der Waals surface area (Å²) in [6.45, 7) is 5.79. The molecular formula is C34H41ClN8O3. The van der Waals surface area contributed by atoms with Crippen molar-refractivity contribution in [2.45, 2.75) is 50.4 Å². The summed E-state index contributed by atoms with van der Waals surface area (Å²) in [6, 6.07) is 14.9. The molecule has 1 N–H and O–H groups in total. The maximum atomic E-state index is 13.4. The highest BCUT2D eigenvalue weighted by atomic mass is 35.5. The quantitative estimate of drug-likeness (QED) is 0.349. The van der Waals surface area contributed by atoms with Crippen molar-refractivity contribution in [2.24, 2.45) is 0 Å². The maximum absolute atomic E-state index is 13.4. The Bertz CT molecular complexity index is 1640. The third kappa shape index (κ3) is 6.07. The standard InChI is InChI=1S/C34H41ClN8O3/c1-39-13-4-7-25(39)22-46-34-37-28-20-40(29-9-3-6-23-5-2-8-27(35)31(23)29)14-11-26(28)32(38-34)42-15-16-43(24(19-42)10-12-36)33(45)30-21-41(30)17-18-44/h2-3,5-6,8-9,24-25,30,44H,4,7,10-11,13-22H2,1H3/t24-,25-,30-,41?/m0/s1. The summed E-state index contributed by atoms with van der Waals surface area (Å²) in [4.78, 5) is 34.1. The van der Waals surface area contributed by atoms with Gasteiger partial charge in [-0.2, -0.15) is 15.2 Å². The molecule has 3 aromatic rings. The average molecular weight is 645 g/mol. The Labute approximate surface area is 274 Å². The molecule has 3 saturated heterocycles. The monoisotopic (exact) mass is 644 g/mol. The molecule has 1 aromatic heterocycles. The number of hydrogen-bond acceptors (Lipinski definition) is 10. The molecule has 7 rings (SSSR count). The minimum atomic E-state index is -0.247. The Kier molecular flexibility index (Phi) is 8.88. The molecule has 5 heterocycles. The van der Waals surface area contributed by atoms with Crippen LogP contribution in [0.3, 0.4) is 0 Å². The smallest absolute Gasteiger partial charge is 0.318 e. The summed E-state index contributed by atoms with van der Waals surface area (Å²) in [7, 11) is 2.13. The van der Waals surface area contributed by atoms with Crippen molar-refractivity contribution in [3.63, 3.8) is 0 Å². The van der Waals surface area contributed by atoms with Crippen LogP contribution in [-0.2, 0) is 17.8 Å². The zero-order chi connectivity index (χ0) is 31.8. The van der Waals surface area contributed by atoms with Crippen LogP contribution < -0.4 is 14.5 Å². The van der Waals surface area contributed by atoms with Gasteiger partial charge in [-0.25, -0.2) is 0 Å². The predicted molar refractivity (Wildman–Crippen MR) is 177 cm³/mol. The third-order valence-corrected chi connectivity index (χ3v) is 10.4. The lowest BCUT2D eigenvalue weighted by molar-refractivity contribution is -0.134. The van der Waals surface area contributed by atoms with Crippen molar-refractivity contribution >= 4 is 39.8 Å². The van der Waals surface area contributed by atoms with Crippen LogP contribution in [0.25, 0.3) is 10.8 Å². The summed E-state index contributed by atoms with van der Waals surface area (Å²) in [5.41, 5.74) is 3.11. The van der Waals surface area contributed by atoms with Crippen molar-refractivity contribution in [3.8, 4) is 12.1 Å². The first-order valence-electron chi connectivity index (χ1n) is 16.4. The number of nitriles is 1. The molecular weight excluding hydrogens is 604 g/mol. The Balaban J connectivity index is 1.18. The number of likely N-dealkylation sites (tertiary alicyclic amines) is 1. The number of benzene rings is 2. The Morgan fingerprint density at radius 3 is 2.72 bits per heavy atom. The number of rotatable bonds is 9. The van der Waals surface area contributed by atoms with Gasteiger partial charge in [0.2, 0.25) is 5.91 Å². The second-order valence-electron chi connectivity index (χ2n) is 12.9. The number of anilines is 2. The highest BCUT2D eigenvalue weighted by molar-refractivity contribution is 6.36. The first-order valence-corrected chi connectivity index (χ1v) is 16.7. The molecule has 0 saturated carbocycles. The number of hydrogen-bond donors (Lipinski definition) is 1. The molecule has 1 unspecified atom stereocenters. The van der Waals surface area contributed by atoms with Gasteiger partial charge in [0.15, 0.2) is 0 Å². The van der Waals surface area contributed by atoms with Crippen LogP contribution in [0.1, 0.15) is 30.5 Å². The van der Waals surface area contributed by atoms with Gasteiger partial charge in [-0.3, -0.25) is 9.69 Å². The Morgan fingerprint density at radius 1 is 1.09 bits per heavy atom. The highest BCUT2D eigenvalue weighted by Crippen LogP contribution is 2.37. The molecule has 0 bridgehead atoms. The number of β-amino-alcohol motifs (C(OH)–C–C–N with tert-alkyl or cyclic N) is 1. The lowest BCUT2D eigenvalue weighted by Gasteiger charge is -2.42. The van der Waals surface area contributed by atoms with Gasteiger partial charge >= 0.3 is 6.01 Å². The van der Waals surface area contributed by atoms with E-state index >= 15 is 0 Å². The largest absolute Gasteiger partial charge is 0.462 e. The van der Waals surface area contributed by atoms with Gasteiger partial charge in [-0.05, 0) is 50.4 Å². The molecule has 46 heavy (non-hydrogen) atoms. The average Bonchev–Trinajstić information content (AvgIpc) is 3.72. The lowest BCUT2D eigenvalue weighted by Crippen LogP contribution is -2.57. The molecule has 4 atom stereocenters. The molecule has 242 valence electrons. The van der Waals surface area contributed by atoms with E-state index in [0.29, 0.717) is 57.9 Å². The number of carbonyl (C=O) groups is 1. The third-order valence-electron chi connectivity index (χ3n) is 10.1. The second-order valence-corrected chi connectivity index (χ2v) is 13.3. The minimum Gasteiger partial charge on any atom is -0.462 e. The van der Waals surface area contributed by atoms with E-state index < -0.39 is 0 Å². The topological polar surface area (TPSA) is 112 Å². The summed E-state index contributed by atoms with van der Waals surface area (Å²) >= 11 is 6.72. The fourth-order valence-electron chi connectivity index (χ4n) is 7.41. The SMILES string of the molecule is CN1CCC[C@H]1COc1nc2c(c(N3CCN(C(=O)[C@@H]4CN4CCO)[C@@H](CC#N)C3)n1)CCN(c1cccc3cccc(Cl)c13)C2. The van der Waals surface area contributed by atoms with Crippen LogP contribution in [0.5, 0.6) is 6.01 Å². The highest BCUT2D eigenvalue weighted by Gasteiger charge is 2.45. The number of halogens is 1. The van der Waals surface area contributed by atoms with Gasteiger partial charge in [-0.15, -0.1) is 0 Å². The summed E-state index contributed by atoms with van der Waals surface area (Å²) in [5, 5.41) is 21.9. The Morgan fingerprint density at radius 2 is 1.93 bits per heavy atom. The molecule has 1 amide bonds. The normalized spacial score (nSPS) is 24.6. The van der Waals surface area contributed by atoms with E-state index in [2.05, 4.69) is 52.1 Å². The van der Waals surface area contributed by atoms with E-state index in [4.69, 9.17) is 26.3 Å². The van der Waals surface area contributed by atoms with Crippen LogP contribution in [-0.4, -0.2) is 120 Å². The molecule has 11 nitrogen and oxygen atoms in total. The molecule has 2 aromatic carbocycles. The number of amides is 1. The predicted octanol–water partition coefficient (Wildman–Crippen LogP) is 2.93. The number of carbonyl (C=O) groups excluding carboxylic acids is 1. The fraction of sp³-hybridized carbons (Fsp3) is 0.529. The van der Waals surface area contributed by atoms with Crippen molar-refractivity contribution < 1.29 is 14.6 Å². The number of nitrogens with zero attached hydrogens (tertiary/aromatic N) is 8. The molecule has 0 radical (unpaired) electrons. The number of aromatic nitrogens is 2. The van der Waals surface area contributed by atoms with Gasteiger partial charge in [-0.1, -0.05) is 35.9 Å². The van der Waals surface area contributed by atoms with Crippen molar-refractivity contribution in [1.82, 2.24) is 24.7 Å². The van der Waals surface area contributed by atoms with E-state index in [1.54, 1.807) is 0 Å². The van der Waals surface area contributed by atoms with Crippen LogP contribution >= 0.6 is 11.6 Å². The summed E-state index contributed by atoms with van der Waals surface area (Å²) in [5.74, 6) is 0.894. The van der Waals surface area contributed by atoms with E-state index in [1.165, 1.54) is 0 Å². The van der Waals surface area contributed by atoms with E-state index in [0.717, 1.165) is 70.9 Å². The van der Waals surface area contributed by atoms with Crippen LogP contribution in [0.2, 0.25) is 5.02 Å². The number of aliphatic hydroxyl groups excluding tert-OH is 1.